The molecule has 0 fully saturated rings. The average Bonchev–Trinajstić information content (AvgIpc) is 2.46. The fourth-order valence-corrected chi connectivity index (χ4v) is 2.19. The Kier molecular flexibility index (Phi) is 2.80. The first-order valence-electron chi connectivity index (χ1n) is 6.05. The molecule has 0 N–H and O–H groups in total. The Bertz CT molecular complexity index is 760. The normalized spacial score (nSPS) is 10.6. The number of aryl methyl sites for hydroxylation is 1. The third-order valence-corrected chi connectivity index (χ3v) is 3.19. The van der Waals surface area contributed by atoms with Crippen molar-refractivity contribution in [3.8, 4) is 0 Å². The lowest BCUT2D eigenvalue weighted by Crippen LogP contribution is -2.04. The summed E-state index contributed by atoms with van der Waals surface area (Å²) in [6.07, 6.45) is 6.83. The summed E-state index contributed by atoms with van der Waals surface area (Å²) < 4.78 is 0. The predicted octanol–water partition coefficient (Wildman–Crippen LogP) is 3.17. The lowest BCUT2D eigenvalue weighted by molar-refractivity contribution is 0.103. The van der Waals surface area contributed by atoms with E-state index in [1.165, 1.54) is 0 Å². The van der Waals surface area contributed by atoms with Crippen LogP contribution in [0.1, 0.15) is 21.5 Å². The minimum atomic E-state index is 0.0247. The van der Waals surface area contributed by atoms with E-state index in [0.717, 1.165) is 16.3 Å². The molecule has 0 aliphatic carbocycles. The molecule has 3 aromatic rings. The van der Waals surface area contributed by atoms with Gasteiger partial charge in [0.2, 0.25) is 0 Å². The van der Waals surface area contributed by atoms with Crippen LogP contribution in [-0.4, -0.2) is 15.8 Å². The van der Waals surface area contributed by atoms with Crippen LogP contribution in [0.2, 0.25) is 0 Å². The molecule has 3 nitrogen and oxygen atoms in total. The van der Waals surface area contributed by atoms with Crippen LogP contribution in [0.4, 0.5) is 0 Å². The number of fused-ring (bicyclic) bond motifs is 1. The van der Waals surface area contributed by atoms with Gasteiger partial charge in [-0.1, -0.05) is 18.2 Å². The molecule has 19 heavy (non-hydrogen) atoms. The number of nitrogens with zero attached hydrogens (tertiary/aromatic N) is 2. The Morgan fingerprint density at radius 2 is 1.74 bits per heavy atom. The Balaban J connectivity index is 2.20. The molecule has 1 aromatic carbocycles. The number of aromatic nitrogens is 2. The smallest absolute Gasteiger partial charge is 0.194 e. The summed E-state index contributed by atoms with van der Waals surface area (Å²) in [5.41, 5.74) is 2.28. The van der Waals surface area contributed by atoms with Crippen LogP contribution in [-0.2, 0) is 0 Å². The fraction of sp³-hybridized carbons (Fsp3) is 0.0625. The van der Waals surface area contributed by atoms with Crippen molar-refractivity contribution in [1.82, 2.24) is 9.97 Å². The molecule has 0 saturated carbocycles. The summed E-state index contributed by atoms with van der Waals surface area (Å²) in [7, 11) is 0. The predicted molar refractivity (Wildman–Crippen MR) is 74.1 cm³/mol. The van der Waals surface area contributed by atoms with Gasteiger partial charge >= 0.3 is 0 Å². The number of carbonyl (C=O) groups is 1. The molecule has 3 rings (SSSR count). The van der Waals surface area contributed by atoms with E-state index in [2.05, 4.69) is 9.97 Å². The highest BCUT2D eigenvalue weighted by molar-refractivity contribution is 6.16. The van der Waals surface area contributed by atoms with E-state index in [1.807, 2.05) is 31.2 Å². The Hall–Kier alpha value is -2.55. The molecule has 0 spiro atoms. The van der Waals surface area contributed by atoms with Gasteiger partial charge in [-0.2, -0.15) is 0 Å². The van der Waals surface area contributed by atoms with Crippen molar-refractivity contribution in [1.29, 1.82) is 0 Å². The molecular formula is C16H12N2O. The number of hydrogen-bond acceptors (Lipinski definition) is 3. The third kappa shape index (κ3) is 1.99. The highest BCUT2D eigenvalue weighted by Crippen LogP contribution is 2.21. The SMILES string of the molecule is Cc1cnccc1C(=O)c1cccc2cnccc12. The largest absolute Gasteiger partial charge is 0.289 e. The molecule has 0 aliphatic rings. The first-order chi connectivity index (χ1) is 9.27. The van der Waals surface area contributed by atoms with Gasteiger partial charge in [-0.15, -0.1) is 0 Å². The van der Waals surface area contributed by atoms with E-state index in [-0.39, 0.29) is 5.78 Å². The van der Waals surface area contributed by atoms with Crippen LogP contribution in [0.25, 0.3) is 10.8 Å². The van der Waals surface area contributed by atoms with E-state index in [0.29, 0.717) is 11.1 Å². The quantitative estimate of drug-likeness (QED) is 0.654. The maximum atomic E-state index is 12.6. The molecule has 0 aliphatic heterocycles. The summed E-state index contributed by atoms with van der Waals surface area (Å²) in [4.78, 5) is 20.7. The molecule has 0 bridgehead atoms. The van der Waals surface area contributed by atoms with Gasteiger partial charge in [0.15, 0.2) is 5.78 Å². The Morgan fingerprint density at radius 1 is 0.947 bits per heavy atom. The van der Waals surface area contributed by atoms with Crippen molar-refractivity contribution >= 4 is 16.6 Å². The molecule has 0 saturated heterocycles. The van der Waals surface area contributed by atoms with Gasteiger partial charge in [-0.3, -0.25) is 14.8 Å². The average molecular weight is 248 g/mol. The second-order valence-corrected chi connectivity index (χ2v) is 4.42. The second-order valence-electron chi connectivity index (χ2n) is 4.42. The van der Waals surface area contributed by atoms with Gasteiger partial charge in [0.05, 0.1) is 0 Å². The molecule has 2 heterocycles. The van der Waals surface area contributed by atoms with Crippen molar-refractivity contribution in [3.05, 3.63) is 71.8 Å². The van der Waals surface area contributed by atoms with Crippen molar-refractivity contribution < 1.29 is 4.79 Å². The first kappa shape index (κ1) is 11.5. The number of hydrogen-bond donors (Lipinski definition) is 0. The van der Waals surface area contributed by atoms with Crippen LogP contribution in [0.15, 0.2) is 55.1 Å². The zero-order valence-corrected chi connectivity index (χ0v) is 10.5. The Labute approximate surface area is 111 Å². The van der Waals surface area contributed by atoms with Crippen molar-refractivity contribution in [2.24, 2.45) is 0 Å². The number of rotatable bonds is 2. The molecule has 0 radical (unpaired) electrons. The van der Waals surface area contributed by atoms with Crippen LogP contribution < -0.4 is 0 Å². The third-order valence-electron chi connectivity index (χ3n) is 3.19. The molecule has 92 valence electrons. The van der Waals surface area contributed by atoms with Gasteiger partial charge in [0.25, 0.3) is 0 Å². The minimum Gasteiger partial charge on any atom is -0.289 e. The van der Waals surface area contributed by atoms with E-state index < -0.39 is 0 Å². The maximum Gasteiger partial charge on any atom is 0.194 e. The van der Waals surface area contributed by atoms with E-state index in [4.69, 9.17) is 0 Å². The maximum absolute atomic E-state index is 12.6. The van der Waals surface area contributed by atoms with Crippen LogP contribution in [0.5, 0.6) is 0 Å². The van der Waals surface area contributed by atoms with Crippen molar-refractivity contribution in [2.75, 3.05) is 0 Å². The highest BCUT2D eigenvalue weighted by Gasteiger charge is 2.14. The van der Waals surface area contributed by atoms with Crippen molar-refractivity contribution in [3.63, 3.8) is 0 Å². The standard InChI is InChI=1S/C16H12N2O/c1-11-9-17-7-5-13(11)16(19)15-4-2-3-12-10-18-8-6-14(12)15/h2-10H,1H3. The van der Waals surface area contributed by atoms with Gasteiger partial charge in [-0.05, 0) is 30.0 Å². The van der Waals surface area contributed by atoms with E-state index in [1.54, 1.807) is 30.9 Å². The fourth-order valence-electron chi connectivity index (χ4n) is 2.19. The summed E-state index contributed by atoms with van der Waals surface area (Å²) in [6, 6.07) is 9.33. The molecule has 0 unspecified atom stereocenters. The van der Waals surface area contributed by atoms with Gasteiger partial charge in [0, 0.05) is 41.3 Å². The zero-order chi connectivity index (χ0) is 13.2. The van der Waals surface area contributed by atoms with Gasteiger partial charge in [0.1, 0.15) is 0 Å². The van der Waals surface area contributed by atoms with Crippen LogP contribution in [0, 0.1) is 6.92 Å². The molecule has 0 amide bonds. The Morgan fingerprint density at radius 3 is 2.58 bits per heavy atom. The summed E-state index contributed by atoms with van der Waals surface area (Å²) in [6.45, 7) is 1.90. The number of ketones is 1. The number of carbonyl (C=O) groups excluding carboxylic acids is 1. The number of pyridine rings is 2. The van der Waals surface area contributed by atoms with Crippen LogP contribution in [0.3, 0.4) is 0 Å². The molecular weight excluding hydrogens is 236 g/mol. The minimum absolute atomic E-state index is 0.0247. The van der Waals surface area contributed by atoms with Crippen molar-refractivity contribution in [2.45, 2.75) is 6.92 Å². The van der Waals surface area contributed by atoms with Gasteiger partial charge < -0.3 is 0 Å². The summed E-state index contributed by atoms with van der Waals surface area (Å²) in [5.74, 6) is 0.0247. The summed E-state index contributed by atoms with van der Waals surface area (Å²) in [5, 5.41) is 1.90. The van der Waals surface area contributed by atoms with E-state index in [9.17, 15) is 4.79 Å². The highest BCUT2D eigenvalue weighted by atomic mass is 16.1. The lowest BCUT2D eigenvalue weighted by atomic mass is 9.97. The monoisotopic (exact) mass is 248 g/mol. The van der Waals surface area contributed by atoms with E-state index >= 15 is 0 Å². The molecule has 3 heteroatoms. The molecule has 2 aromatic heterocycles. The topological polar surface area (TPSA) is 42.9 Å². The second kappa shape index (κ2) is 4.61. The lowest BCUT2D eigenvalue weighted by Gasteiger charge is -2.07. The summed E-state index contributed by atoms with van der Waals surface area (Å²) >= 11 is 0. The van der Waals surface area contributed by atoms with Gasteiger partial charge in [-0.25, -0.2) is 0 Å². The first-order valence-corrected chi connectivity index (χ1v) is 6.05. The zero-order valence-electron chi connectivity index (χ0n) is 10.5. The van der Waals surface area contributed by atoms with Crippen LogP contribution >= 0.6 is 0 Å². The number of benzene rings is 1. The molecule has 0 atom stereocenters.